The quantitative estimate of drug-likeness (QED) is 0.778. The van der Waals surface area contributed by atoms with Crippen LogP contribution in [0.25, 0.3) is 11.5 Å². The average molecular weight is 220 g/mol. The number of hydrogen-bond acceptors (Lipinski definition) is 6. The first-order valence-corrected chi connectivity index (χ1v) is 4.85. The van der Waals surface area contributed by atoms with E-state index in [4.69, 9.17) is 15.4 Å². The Kier molecular flexibility index (Phi) is 2.93. The van der Waals surface area contributed by atoms with E-state index in [0.717, 1.165) is 5.69 Å². The van der Waals surface area contributed by atoms with Gasteiger partial charge in [0.25, 0.3) is 0 Å². The molecule has 6 heteroatoms. The first kappa shape index (κ1) is 10.7. The predicted molar refractivity (Wildman–Crippen MR) is 56.3 cm³/mol. The van der Waals surface area contributed by atoms with Gasteiger partial charge in [0.15, 0.2) is 0 Å². The van der Waals surface area contributed by atoms with Crippen LogP contribution in [-0.4, -0.2) is 26.8 Å². The third-order valence-electron chi connectivity index (χ3n) is 2.07. The highest BCUT2D eigenvalue weighted by Gasteiger charge is 2.15. The lowest BCUT2D eigenvalue weighted by Gasteiger charge is -1.98. The number of pyridine rings is 1. The van der Waals surface area contributed by atoms with E-state index in [9.17, 15) is 0 Å². The monoisotopic (exact) mass is 220 g/mol. The second-order valence-corrected chi connectivity index (χ2v) is 3.41. The first-order chi connectivity index (χ1) is 7.70. The van der Waals surface area contributed by atoms with Crippen molar-refractivity contribution in [3.05, 3.63) is 29.8 Å². The molecule has 0 fully saturated rings. The van der Waals surface area contributed by atoms with Crippen molar-refractivity contribution in [1.82, 2.24) is 15.1 Å². The largest absolute Gasteiger partial charge is 0.394 e. The zero-order valence-electron chi connectivity index (χ0n) is 8.79. The van der Waals surface area contributed by atoms with E-state index < -0.39 is 6.04 Å². The smallest absolute Gasteiger partial charge is 0.246 e. The number of aliphatic hydroxyl groups excluding tert-OH is 1. The molecule has 16 heavy (non-hydrogen) atoms. The zero-order chi connectivity index (χ0) is 11.5. The number of nitrogens with two attached hydrogens (primary N) is 1. The fourth-order valence-electron chi connectivity index (χ4n) is 1.24. The molecule has 2 aromatic rings. The molecule has 0 unspecified atom stereocenters. The normalized spacial score (nSPS) is 12.7. The summed E-state index contributed by atoms with van der Waals surface area (Å²) in [6.45, 7) is 1.65. The van der Waals surface area contributed by atoms with Crippen LogP contribution < -0.4 is 5.73 Å². The molecule has 0 aliphatic carbocycles. The van der Waals surface area contributed by atoms with Crippen molar-refractivity contribution in [2.24, 2.45) is 5.73 Å². The number of nitrogens with zero attached hydrogens (tertiary/aromatic N) is 3. The summed E-state index contributed by atoms with van der Waals surface area (Å²) in [5.74, 6) is 0.586. The third-order valence-corrected chi connectivity index (χ3v) is 2.07. The van der Waals surface area contributed by atoms with E-state index in [1.807, 2.05) is 19.1 Å². The minimum absolute atomic E-state index is 0.209. The lowest BCUT2D eigenvalue weighted by atomic mass is 10.3. The first-order valence-electron chi connectivity index (χ1n) is 4.85. The fourth-order valence-corrected chi connectivity index (χ4v) is 1.24. The van der Waals surface area contributed by atoms with Gasteiger partial charge in [-0.15, -0.1) is 0 Å². The Morgan fingerprint density at radius 1 is 1.44 bits per heavy atom. The van der Waals surface area contributed by atoms with Crippen LogP contribution >= 0.6 is 0 Å². The molecule has 0 aliphatic heterocycles. The molecule has 2 rings (SSSR count). The summed E-state index contributed by atoms with van der Waals surface area (Å²) < 4.78 is 4.93. The highest BCUT2D eigenvalue weighted by Crippen LogP contribution is 2.15. The van der Waals surface area contributed by atoms with Crippen LogP contribution in [0.15, 0.2) is 22.7 Å². The Morgan fingerprint density at radius 3 is 2.94 bits per heavy atom. The Bertz CT molecular complexity index is 483. The molecule has 0 aliphatic rings. The summed E-state index contributed by atoms with van der Waals surface area (Å²) in [5, 5.41) is 12.6. The van der Waals surface area contributed by atoms with Crippen molar-refractivity contribution in [1.29, 1.82) is 0 Å². The van der Waals surface area contributed by atoms with Crippen LogP contribution in [0.5, 0.6) is 0 Å². The van der Waals surface area contributed by atoms with Gasteiger partial charge >= 0.3 is 0 Å². The van der Waals surface area contributed by atoms with Crippen LogP contribution in [0, 0.1) is 6.92 Å². The van der Waals surface area contributed by atoms with Gasteiger partial charge in [-0.05, 0) is 19.1 Å². The molecule has 0 amide bonds. The molecule has 0 saturated carbocycles. The van der Waals surface area contributed by atoms with Crippen molar-refractivity contribution in [3.8, 4) is 11.5 Å². The zero-order valence-corrected chi connectivity index (χ0v) is 8.79. The molecule has 3 N–H and O–H groups in total. The summed E-state index contributed by atoms with van der Waals surface area (Å²) >= 11 is 0. The minimum atomic E-state index is -0.647. The highest BCUT2D eigenvalue weighted by molar-refractivity contribution is 5.48. The molecule has 0 spiro atoms. The predicted octanol–water partition coefficient (Wildman–Crippen LogP) is 0.432. The number of rotatable bonds is 3. The second kappa shape index (κ2) is 4.38. The topological polar surface area (TPSA) is 98.1 Å². The fraction of sp³-hybridized carbons (Fsp3) is 0.300. The van der Waals surface area contributed by atoms with E-state index in [1.54, 1.807) is 6.07 Å². The van der Waals surface area contributed by atoms with Crippen molar-refractivity contribution in [3.63, 3.8) is 0 Å². The summed E-state index contributed by atoms with van der Waals surface area (Å²) in [4.78, 5) is 8.32. The van der Waals surface area contributed by atoms with Crippen LogP contribution in [-0.2, 0) is 0 Å². The van der Waals surface area contributed by atoms with Gasteiger partial charge in [0.1, 0.15) is 11.7 Å². The number of aliphatic hydroxyl groups is 1. The second-order valence-electron chi connectivity index (χ2n) is 3.41. The molecule has 0 bridgehead atoms. The molecular weight excluding hydrogens is 208 g/mol. The minimum Gasteiger partial charge on any atom is -0.394 e. The van der Waals surface area contributed by atoms with Gasteiger partial charge in [-0.1, -0.05) is 11.2 Å². The Morgan fingerprint density at radius 2 is 2.25 bits per heavy atom. The molecule has 0 radical (unpaired) electrons. The molecular formula is C10H12N4O2. The van der Waals surface area contributed by atoms with Crippen LogP contribution in [0.4, 0.5) is 0 Å². The maximum Gasteiger partial charge on any atom is 0.246 e. The van der Waals surface area contributed by atoms with E-state index in [-0.39, 0.29) is 12.5 Å². The van der Waals surface area contributed by atoms with Gasteiger partial charge in [-0.3, -0.25) is 0 Å². The van der Waals surface area contributed by atoms with E-state index in [0.29, 0.717) is 11.5 Å². The van der Waals surface area contributed by atoms with Crippen molar-refractivity contribution in [2.45, 2.75) is 13.0 Å². The number of aromatic nitrogens is 3. The molecule has 1 atom stereocenters. The van der Waals surface area contributed by atoms with E-state index in [2.05, 4.69) is 15.1 Å². The summed E-state index contributed by atoms with van der Waals surface area (Å²) in [7, 11) is 0. The van der Waals surface area contributed by atoms with Crippen LogP contribution in [0.2, 0.25) is 0 Å². The Balaban J connectivity index is 2.31. The maximum absolute atomic E-state index is 8.84. The lowest BCUT2D eigenvalue weighted by Crippen LogP contribution is -2.14. The molecule has 0 saturated heterocycles. The third kappa shape index (κ3) is 2.07. The van der Waals surface area contributed by atoms with Gasteiger partial charge in [-0.2, -0.15) is 4.98 Å². The summed E-state index contributed by atoms with van der Waals surface area (Å²) in [6, 6.07) is 4.88. The SMILES string of the molecule is Cc1cccc(-c2noc([C@H](N)CO)n2)n1. The standard InChI is InChI=1S/C10H12N4O2/c1-6-3-2-4-8(12-6)9-13-10(16-14-9)7(11)5-15/h2-4,7,15H,5,11H2,1H3/t7-/m1/s1. The van der Waals surface area contributed by atoms with Gasteiger partial charge < -0.3 is 15.4 Å². The maximum atomic E-state index is 8.84. The Hall–Kier alpha value is -1.79. The van der Waals surface area contributed by atoms with Crippen molar-refractivity contribution >= 4 is 0 Å². The van der Waals surface area contributed by atoms with Crippen molar-refractivity contribution < 1.29 is 9.63 Å². The molecule has 2 aromatic heterocycles. The Labute approximate surface area is 92.1 Å². The van der Waals surface area contributed by atoms with Gasteiger partial charge in [-0.25, -0.2) is 4.98 Å². The van der Waals surface area contributed by atoms with E-state index >= 15 is 0 Å². The highest BCUT2D eigenvalue weighted by atomic mass is 16.5. The molecule has 2 heterocycles. The van der Waals surface area contributed by atoms with E-state index in [1.165, 1.54) is 0 Å². The molecule has 6 nitrogen and oxygen atoms in total. The summed E-state index contributed by atoms with van der Waals surface area (Å²) in [5.41, 5.74) is 7.04. The van der Waals surface area contributed by atoms with Gasteiger partial charge in [0.2, 0.25) is 11.7 Å². The number of aryl methyl sites for hydroxylation is 1. The van der Waals surface area contributed by atoms with Crippen molar-refractivity contribution in [2.75, 3.05) is 6.61 Å². The summed E-state index contributed by atoms with van der Waals surface area (Å²) in [6.07, 6.45) is 0. The van der Waals surface area contributed by atoms with Gasteiger partial charge in [0, 0.05) is 5.69 Å². The van der Waals surface area contributed by atoms with Gasteiger partial charge in [0.05, 0.1) is 6.61 Å². The molecule has 0 aromatic carbocycles. The average Bonchev–Trinajstić information content (AvgIpc) is 2.77. The molecule has 84 valence electrons. The van der Waals surface area contributed by atoms with Crippen LogP contribution in [0.3, 0.4) is 0 Å². The number of hydrogen-bond donors (Lipinski definition) is 2. The van der Waals surface area contributed by atoms with Crippen LogP contribution in [0.1, 0.15) is 17.6 Å². The lowest BCUT2D eigenvalue weighted by molar-refractivity contribution is 0.237.